The predicted molar refractivity (Wildman–Crippen MR) is 38.9 cm³/mol. The average molecular weight is 145 g/mol. The summed E-state index contributed by atoms with van der Waals surface area (Å²) in [6.07, 6.45) is -0.652. The summed E-state index contributed by atoms with van der Waals surface area (Å²) in [7, 11) is 0. The first-order valence-corrected chi connectivity index (χ1v) is 2.84. The summed E-state index contributed by atoms with van der Waals surface area (Å²) < 4.78 is 11.3. The maximum Gasteiger partial charge on any atom is 0.428 e. The van der Waals surface area contributed by atoms with Crippen LogP contribution in [0.5, 0.6) is 0 Å². The van der Waals surface area contributed by atoms with Crippen molar-refractivity contribution in [2.24, 2.45) is 5.10 Å². The van der Waals surface area contributed by atoms with Crippen LogP contribution in [0.1, 0.15) is 22.1 Å². The van der Waals surface area contributed by atoms with E-state index in [9.17, 15) is 4.79 Å². The second kappa shape index (κ2) is 3.20. The van der Waals surface area contributed by atoms with Gasteiger partial charge in [0.1, 0.15) is 5.60 Å². The number of hydrogen-bond acceptors (Lipinski definition) is 3. The number of carbonyl (C=O) groups excluding carboxylic acids is 1. The molecule has 1 amide bonds. The van der Waals surface area contributed by atoms with Crippen molar-refractivity contribution in [2.75, 3.05) is 0 Å². The van der Waals surface area contributed by atoms with Gasteiger partial charge in [-0.25, -0.2) is 10.2 Å². The molecule has 0 bridgehead atoms. The van der Waals surface area contributed by atoms with Crippen molar-refractivity contribution in [3.63, 3.8) is 0 Å². The number of ether oxygens (including phenoxy) is 1. The fourth-order valence-electron chi connectivity index (χ4n) is 0.354. The van der Waals surface area contributed by atoms with Gasteiger partial charge in [0, 0.05) is 6.69 Å². The lowest BCUT2D eigenvalue weighted by Gasteiger charge is -2.18. The first-order valence-electron chi connectivity index (χ1n) is 3.42. The molecule has 0 aromatic carbocycles. The van der Waals surface area contributed by atoms with E-state index >= 15 is 0 Å². The molecule has 0 aliphatic carbocycles. The monoisotopic (exact) mass is 145 g/mol. The molecule has 1 N–H and O–H groups in total. The van der Waals surface area contributed by atoms with Gasteiger partial charge in [0.15, 0.2) is 0 Å². The molecule has 0 radical (unpaired) electrons. The first-order chi connectivity index (χ1) is 4.95. The quantitative estimate of drug-likeness (QED) is 0.444. The zero-order valence-electron chi connectivity index (χ0n) is 7.34. The summed E-state index contributed by atoms with van der Waals surface area (Å²) in [6, 6.07) is 0. The summed E-state index contributed by atoms with van der Waals surface area (Å²) in [5.41, 5.74) is 1.48. The highest BCUT2D eigenvalue weighted by Crippen LogP contribution is 2.05. The fourth-order valence-corrected chi connectivity index (χ4v) is 0.354. The number of amides is 1. The molecule has 0 atom stereocenters. The molecule has 0 spiro atoms. The van der Waals surface area contributed by atoms with Crippen LogP contribution < -0.4 is 5.43 Å². The third-order valence-electron chi connectivity index (χ3n) is 0.555. The Kier molecular flexibility index (Phi) is 2.25. The van der Waals surface area contributed by atoms with Gasteiger partial charge in [0.25, 0.3) is 0 Å². The van der Waals surface area contributed by atoms with Crippen molar-refractivity contribution >= 4 is 12.8 Å². The van der Waals surface area contributed by atoms with Crippen LogP contribution in [0.15, 0.2) is 5.10 Å². The van der Waals surface area contributed by atoms with E-state index in [4.69, 9.17) is 6.11 Å². The van der Waals surface area contributed by atoms with E-state index < -0.39 is 11.7 Å². The van der Waals surface area contributed by atoms with Crippen LogP contribution in [0.4, 0.5) is 4.79 Å². The van der Waals surface area contributed by atoms with Crippen LogP contribution in [0.25, 0.3) is 0 Å². The maximum atomic E-state index is 10.7. The summed E-state index contributed by atoms with van der Waals surface area (Å²) >= 11 is 0. The molecule has 0 aromatic heterocycles. The Labute approximate surface area is 61.7 Å². The minimum Gasteiger partial charge on any atom is -0.443 e. The van der Waals surface area contributed by atoms with Crippen LogP contribution in [-0.2, 0) is 4.74 Å². The summed E-state index contributed by atoms with van der Waals surface area (Å²) in [4.78, 5) is 10.7. The SMILES string of the molecule is [2H]C=NNC(=O)OC(C)(C)C. The molecule has 0 aliphatic rings. The Bertz CT molecular complexity index is 162. The zero-order chi connectivity index (χ0) is 8.91. The second-order valence-corrected chi connectivity index (χ2v) is 2.74. The van der Waals surface area contributed by atoms with Crippen LogP contribution in [0.2, 0.25) is 0 Å². The smallest absolute Gasteiger partial charge is 0.428 e. The second-order valence-electron chi connectivity index (χ2n) is 2.74. The molecule has 0 heterocycles. The zero-order valence-corrected chi connectivity index (χ0v) is 6.34. The molecular formula is C6H12N2O2. The highest BCUT2D eigenvalue weighted by molar-refractivity contribution is 5.67. The lowest BCUT2D eigenvalue weighted by molar-refractivity contribution is 0.0530. The molecule has 58 valence electrons. The fraction of sp³-hybridized carbons (Fsp3) is 0.667. The third kappa shape index (κ3) is 5.08. The normalized spacial score (nSPS) is 12.9. The maximum absolute atomic E-state index is 10.7. The van der Waals surface area contributed by atoms with Gasteiger partial charge in [-0.3, -0.25) is 0 Å². The first kappa shape index (κ1) is 7.05. The van der Waals surface area contributed by atoms with Crippen LogP contribution in [0.3, 0.4) is 0 Å². The van der Waals surface area contributed by atoms with Gasteiger partial charge in [-0.1, -0.05) is 0 Å². The minimum atomic E-state index is -0.652. The van der Waals surface area contributed by atoms with Gasteiger partial charge in [-0.05, 0) is 20.8 Å². The number of carbonyl (C=O) groups is 1. The Morgan fingerprint density at radius 1 is 1.80 bits per heavy atom. The largest absolute Gasteiger partial charge is 0.443 e. The molecule has 0 saturated heterocycles. The summed E-state index contributed by atoms with van der Waals surface area (Å²) in [6.45, 7) is 5.97. The van der Waals surface area contributed by atoms with Crippen LogP contribution in [0, 0.1) is 0 Å². The van der Waals surface area contributed by atoms with Crippen molar-refractivity contribution in [1.82, 2.24) is 5.43 Å². The number of nitrogens with one attached hydrogen (secondary N) is 1. The highest BCUT2D eigenvalue weighted by Gasteiger charge is 2.14. The topological polar surface area (TPSA) is 50.7 Å². The van der Waals surface area contributed by atoms with Gasteiger partial charge in [0.05, 0.1) is 1.37 Å². The van der Waals surface area contributed by atoms with E-state index in [1.54, 1.807) is 20.8 Å². The van der Waals surface area contributed by atoms with Gasteiger partial charge in [-0.2, -0.15) is 5.10 Å². The van der Waals surface area contributed by atoms with E-state index in [1.807, 2.05) is 5.43 Å². The third-order valence-corrected chi connectivity index (χ3v) is 0.555. The Balaban J connectivity index is 3.70. The molecule has 0 fully saturated rings. The lowest BCUT2D eigenvalue weighted by atomic mass is 10.2. The number of rotatable bonds is 1. The molecule has 0 rings (SSSR count). The Hall–Kier alpha value is -1.06. The van der Waals surface area contributed by atoms with Crippen molar-refractivity contribution in [1.29, 1.82) is 0 Å². The van der Waals surface area contributed by atoms with Crippen molar-refractivity contribution in [3.05, 3.63) is 0 Å². The van der Waals surface area contributed by atoms with E-state index in [0.717, 1.165) is 6.69 Å². The van der Waals surface area contributed by atoms with Gasteiger partial charge in [0.2, 0.25) is 0 Å². The molecule has 0 unspecified atom stereocenters. The number of hydrazone groups is 1. The minimum absolute atomic E-state index is 0.526. The van der Waals surface area contributed by atoms with E-state index in [0.29, 0.717) is 0 Å². The number of hydrogen-bond donors (Lipinski definition) is 1. The van der Waals surface area contributed by atoms with E-state index in [-0.39, 0.29) is 0 Å². The molecular weight excluding hydrogens is 132 g/mol. The highest BCUT2D eigenvalue weighted by atomic mass is 16.6. The number of nitrogens with zero attached hydrogens (tertiary/aromatic N) is 1. The Morgan fingerprint density at radius 2 is 2.40 bits per heavy atom. The summed E-state index contributed by atoms with van der Waals surface area (Å²) in [5, 5.41) is 3.17. The summed E-state index contributed by atoms with van der Waals surface area (Å²) in [5.74, 6) is 0. The standard InChI is InChI=1S/C6H12N2O2/c1-6(2,3)10-5(9)8-7-4/h4H2,1-3H3,(H,8,9)/i4D. The van der Waals surface area contributed by atoms with Gasteiger partial charge >= 0.3 is 6.09 Å². The van der Waals surface area contributed by atoms with Crippen molar-refractivity contribution in [3.8, 4) is 0 Å². The molecule has 0 saturated carbocycles. The van der Waals surface area contributed by atoms with E-state index in [2.05, 4.69) is 5.10 Å². The molecule has 4 nitrogen and oxygen atoms in total. The van der Waals surface area contributed by atoms with Gasteiger partial charge in [-0.15, -0.1) is 0 Å². The molecule has 0 aliphatic heterocycles. The average Bonchev–Trinajstić information content (AvgIpc) is 1.79. The van der Waals surface area contributed by atoms with E-state index in [1.165, 1.54) is 0 Å². The van der Waals surface area contributed by atoms with Gasteiger partial charge < -0.3 is 4.74 Å². The molecule has 0 aromatic rings. The predicted octanol–water partition coefficient (Wildman–Crippen LogP) is 1.13. The van der Waals surface area contributed by atoms with Crippen molar-refractivity contribution in [2.45, 2.75) is 26.4 Å². The van der Waals surface area contributed by atoms with Crippen LogP contribution >= 0.6 is 0 Å². The molecule has 4 heteroatoms. The van der Waals surface area contributed by atoms with Crippen molar-refractivity contribution < 1.29 is 10.9 Å². The van der Waals surface area contributed by atoms with Crippen LogP contribution in [-0.4, -0.2) is 18.4 Å². The Morgan fingerprint density at radius 3 is 2.80 bits per heavy atom. The lowest BCUT2D eigenvalue weighted by Crippen LogP contribution is -2.29. The molecule has 10 heavy (non-hydrogen) atoms.